The van der Waals surface area contributed by atoms with E-state index in [-0.39, 0.29) is 18.6 Å². The third kappa shape index (κ3) is 4.76. The van der Waals surface area contributed by atoms with Gasteiger partial charge in [-0.15, -0.1) is 0 Å². The second-order valence-corrected chi connectivity index (χ2v) is 7.50. The predicted octanol–water partition coefficient (Wildman–Crippen LogP) is 1.95. The zero-order chi connectivity index (χ0) is 18.5. The summed E-state index contributed by atoms with van der Waals surface area (Å²) in [5.74, 6) is 0.119. The van der Waals surface area contributed by atoms with E-state index >= 15 is 0 Å². The number of benzene rings is 1. The van der Waals surface area contributed by atoms with Crippen molar-refractivity contribution in [3.8, 4) is 0 Å². The third-order valence-electron chi connectivity index (χ3n) is 5.49. The predicted molar refractivity (Wildman–Crippen MR) is 103 cm³/mol. The van der Waals surface area contributed by atoms with Gasteiger partial charge in [-0.25, -0.2) is 0 Å². The molecule has 144 valence electrons. The lowest BCUT2D eigenvalue weighted by molar-refractivity contribution is -0.137. The minimum Gasteiger partial charge on any atom is -0.365 e. The van der Waals surface area contributed by atoms with Gasteiger partial charge in [0.05, 0.1) is 18.3 Å². The van der Waals surface area contributed by atoms with Crippen molar-refractivity contribution in [1.82, 2.24) is 19.6 Å². The van der Waals surface area contributed by atoms with Gasteiger partial charge in [0.15, 0.2) is 0 Å². The highest BCUT2D eigenvalue weighted by molar-refractivity contribution is 5.77. The van der Waals surface area contributed by atoms with Gasteiger partial charge in [-0.2, -0.15) is 5.10 Å². The molecule has 0 spiro atoms. The molecule has 1 amide bonds. The molecule has 1 fully saturated rings. The van der Waals surface area contributed by atoms with Crippen LogP contribution in [0.2, 0.25) is 0 Å². The molecular weight excluding hydrogens is 340 g/mol. The monoisotopic (exact) mass is 368 g/mol. The Labute approximate surface area is 160 Å². The van der Waals surface area contributed by atoms with Crippen LogP contribution < -0.4 is 0 Å². The number of hydrogen-bond acceptors (Lipinski definition) is 4. The lowest BCUT2D eigenvalue weighted by atomic mass is 10.1. The molecule has 1 aromatic carbocycles. The van der Waals surface area contributed by atoms with Crippen molar-refractivity contribution >= 4 is 5.91 Å². The van der Waals surface area contributed by atoms with E-state index in [9.17, 15) is 4.79 Å². The Morgan fingerprint density at radius 1 is 1.11 bits per heavy atom. The molecule has 1 saturated heterocycles. The van der Waals surface area contributed by atoms with Crippen molar-refractivity contribution in [2.75, 3.05) is 32.8 Å². The van der Waals surface area contributed by atoms with Gasteiger partial charge in [0.25, 0.3) is 0 Å². The Morgan fingerprint density at radius 3 is 2.74 bits per heavy atom. The van der Waals surface area contributed by atoms with Crippen LogP contribution in [0.15, 0.2) is 42.6 Å². The molecule has 3 heterocycles. The highest BCUT2D eigenvalue weighted by Gasteiger charge is 2.25. The second-order valence-electron chi connectivity index (χ2n) is 7.50. The van der Waals surface area contributed by atoms with Gasteiger partial charge in [0.1, 0.15) is 6.61 Å². The first-order chi connectivity index (χ1) is 13.3. The summed E-state index contributed by atoms with van der Waals surface area (Å²) in [6.07, 6.45) is 5.06. The van der Waals surface area contributed by atoms with Crippen LogP contribution in [-0.4, -0.2) is 64.4 Å². The average molecular weight is 368 g/mol. The molecule has 1 atom stereocenters. The van der Waals surface area contributed by atoms with Gasteiger partial charge in [0.2, 0.25) is 5.91 Å². The first-order valence-electron chi connectivity index (χ1n) is 9.94. The Morgan fingerprint density at radius 2 is 1.93 bits per heavy atom. The summed E-state index contributed by atoms with van der Waals surface area (Å²) in [5, 5.41) is 4.44. The van der Waals surface area contributed by atoms with Crippen LogP contribution in [0.25, 0.3) is 0 Å². The minimum atomic E-state index is -0.0199. The molecule has 1 unspecified atom stereocenters. The van der Waals surface area contributed by atoms with E-state index in [1.54, 1.807) is 0 Å². The fraction of sp³-hybridized carbons (Fsp3) is 0.524. The van der Waals surface area contributed by atoms with Gasteiger partial charge in [-0.05, 0) is 30.9 Å². The van der Waals surface area contributed by atoms with Crippen LogP contribution in [0.1, 0.15) is 24.1 Å². The number of carbonyl (C=O) groups is 1. The number of amides is 1. The molecule has 2 aliphatic rings. The van der Waals surface area contributed by atoms with Gasteiger partial charge in [-0.1, -0.05) is 30.3 Å². The molecule has 2 aromatic rings. The molecule has 4 rings (SSSR count). The van der Waals surface area contributed by atoms with E-state index in [1.807, 2.05) is 15.8 Å². The zero-order valence-corrected chi connectivity index (χ0v) is 15.8. The molecule has 0 saturated carbocycles. The van der Waals surface area contributed by atoms with Crippen molar-refractivity contribution in [2.24, 2.45) is 0 Å². The lowest BCUT2D eigenvalue weighted by Gasteiger charge is -2.24. The SMILES string of the molecule is O=C(COC1CN(CCc2ccccc2)Cc2ccnn2C1)N1CCCC1. The summed E-state index contributed by atoms with van der Waals surface area (Å²) in [7, 11) is 0. The molecule has 0 bridgehead atoms. The standard InChI is InChI=1S/C21H28N4O2/c26-21(24-11-4-5-12-24)17-27-20-15-23(13-9-18-6-2-1-3-7-18)14-19-8-10-22-25(19)16-20/h1-3,6-8,10,20H,4-5,9,11-17H2. The number of fused-ring (bicyclic) bond motifs is 1. The molecular formula is C21H28N4O2. The summed E-state index contributed by atoms with van der Waals surface area (Å²) < 4.78 is 8.07. The third-order valence-corrected chi connectivity index (χ3v) is 5.49. The Hall–Kier alpha value is -2.18. The van der Waals surface area contributed by atoms with Crippen molar-refractivity contribution < 1.29 is 9.53 Å². The molecule has 6 nitrogen and oxygen atoms in total. The molecule has 27 heavy (non-hydrogen) atoms. The van der Waals surface area contributed by atoms with Crippen molar-refractivity contribution in [1.29, 1.82) is 0 Å². The first kappa shape index (κ1) is 18.2. The van der Waals surface area contributed by atoms with Crippen LogP contribution in [0.5, 0.6) is 0 Å². The molecule has 0 radical (unpaired) electrons. The van der Waals surface area contributed by atoms with E-state index in [0.29, 0.717) is 6.54 Å². The minimum absolute atomic E-state index is 0.0199. The molecule has 0 aliphatic carbocycles. The van der Waals surface area contributed by atoms with Crippen LogP contribution in [0.4, 0.5) is 0 Å². The number of rotatable bonds is 6. The summed E-state index contributed by atoms with van der Waals surface area (Å²) in [6.45, 7) is 5.29. The normalized spacial score (nSPS) is 20.4. The summed E-state index contributed by atoms with van der Waals surface area (Å²) in [4.78, 5) is 16.7. The quantitative estimate of drug-likeness (QED) is 0.782. The van der Waals surface area contributed by atoms with Crippen molar-refractivity contribution in [3.63, 3.8) is 0 Å². The number of aromatic nitrogens is 2. The Kier molecular flexibility index (Phi) is 5.84. The van der Waals surface area contributed by atoms with E-state index < -0.39 is 0 Å². The van der Waals surface area contributed by atoms with E-state index in [0.717, 1.165) is 52.0 Å². The summed E-state index contributed by atoms with van der Waals surface area (Å²) in [6, 6.07) is 12.6. The maximum atomic E-state index is 12.3. The molecule has 0 N–H and O–H groups in total. The van der Waals surface area contributed by atoms with Crippen molar-refractivity contribution in [2.45, 2.75) is 38.5 Å². The van der Waals surface area contributed by atoms with E-state index in [4.69, 9.17) is 4.74 Å². The summed E-state index contributed by atoms with van der Waals surface area (Å²) in [5.41, 5.74) is 2.55. The fourth-order valence-electron chi connectivity index (χ4n) is 3.95. The molecule has 2 aliphatic heterocycles. The fourth-order valence-corrected chi connectivity index (χ4v) is 3.95. The van der Waals surface area contributed by atoms with Crippen LogP contribution in [0.3, 0.4) is 0 Å². The lowest BCUT2D eigenvalue weighted by Crippen LogP contribution is -2.38. The average Bonchev–Trinajstić information content (AvgIpc) is 3.35. The number of carbonyl (C=O) groups excluding carboxylic acids is 1. The maximum absolute atomic E-state index is 12.3. The molecule has 6 heteroatoms. The number of nitrogens with zero attached hydrogens (tertiary/aromatic N) is 4. The number of likely N-dealkylation sites (tertiary alicyclic amines) is 1. The Balaban J connectivity index is 1.36. The smallest absolute Gasteiger partial charge is 0.248 e. The zero-order valence-electron chi connectivity index (χ0n) is 15.8. The second kappa shape index (κ2) is 8.67. The van der Waals surface area contributed by atoms with Crippen molar-refractivity contribution in [3.05, 3.63) is 53.9 Å². The van der Waals surface area contributed by atoms with Crippen LogP contribution in [0, 0.1) is 0 Å². The summed E-state index contributed by atoms with van der Waals surface area (Å²) >= 11 is 0. The topological polar surface area (TPSA) is 50.6 Å². The van der Waals surface area contributed by atoms with Gasteiger partial charge in [0, 0.05) is 38.9 Å². The van der Waals surface area contributed by atoms with Gasteiger partial charge < -0.3 is 9.64 Å². The van der Waals surface area contributed by atoms with E-state index in [2.05, 4.69) is 46.4 Å². The largest absolute Gasteiger partial charge is 0.365 e. The highest BCUT2D eigenvalue weighted by Crippen LogP contribution is 2.15. The van der Waals surface area contributed by atoms with E-state index in [1.165, 1.54) is 11.3 Å². The van der Waals surface area contributed by atoms with Crippen LogP contribution >= 0.6 is 0 Å². The molecule has 1 aromatic heterocycles. The number of hydrogen-bond donors (Lipinski definition) is 0. The van der Waals surface area contributed by atoms with Gasteiger partial charge in [-0.3, -0.25) is 14.4 Å². The van der Waals surface area contributed by atoms with Crippen LogP contribution in [-0.2, 0) is 29.0 Å². The number of ether oxygens (including phenoxy) is 1. The maximum Gasteiger partial charge on any atom is 0.248 e. The first-order valence-corrected chi connectivity index (χ1v) is 9.94. The van der Waals surface area contributed by atoms with Gasteiger partial charge >= 0.3 is 0 Å². The highest BCUT2D eigenvalue weighted by atomic mass is 16.5. The Bertz CT molecular complexity index is 740.